The molecule has 0 atom stereocenters. The van der Waals surface area contributed by atoms with Crippen molar-refractivity contribution < 1.29 is 9.53 Å². The first kappa shape index (κ1) is 17.4. The molecule has 0 aliphatic rings. The van der Waals surface area contributed by atoms with Crippen LogP contribution in [0.5, 0.6) is 5.75 Å². The number of nitrogens with zero attached hydrogens (tertiary/aromatic N) is 2. The van der Waals surface area contributed by atoms with Crippen LogP contribution in [0, 0.1) is 13.8 Å². The maximum absolute atomic E-state index is 11.9. The number of hydrogen-bond donors (Lipinski definition) is 1. The van der Waals surface area contributed by atoms with E-state index in [0.29, 0.717) is 13.1 Å². The van der Waals surface area contributed by atoms with Crippen molar-refractivity contribution in [2.75, 3.05) is 20.2 Å². The Morgan fingerprint density at radius 1 is 1.43 bits per heavy atom. The fourth-order valence-corrected chi connectivity index (χ4v) is 2.29. The Labute approximate surface area is 127 Å². The summed E-state index contributed by atoms with van der Waals surface area (Å²) in [5.41, 5.74) is 3.02. The molecule has 1 aromatic heterocycles. The number of amides is 1. The summed E-state index contributed by atoms with van der Waals surface area (Å²) in [6.45, 7) is 11.8. The van der Waals surface area contributed by atoms with Gasteiger partial charge in [0.05, 0.1) is 19.3 Å². The fraction of sp³-hybridized carbons (Fsp3) is 0.625. The van der Waals surface area contributed by atoms with E-state index in [4.69, 9.17) is 4.74 Å². The molecule has 5 heteroatoms. The molecular weight excluding hydrogens is 266 g/mol. The van der Waals surface area contributed by atoms with Gasteiger partial charge in [-0.25, -0.2) is 0 Å². The van der Waals surface area contributed by atoms with Crippen LogP contribution in [0.3, 0.4) is 0 Å². The minimum atomic E-state index is 0.0450. The van der Waals surface area contributed by atoms with Crippen LogP contribution in [0.15, 0.2) is 6.20 Å². The number of likely N-dealkylation sites (N-methyl/N-ethyl adjacent to an activating group) is 1. The first-order valence-electron chi connectivity index (χ1n) is 7.39. The van der Waals surface area contributed by atoms with Gasteiger partial charge in [-0.05, 0) is 34.2 Å². The van der Waals surface area contributed by atoms with Crippen LogP contribution in [0.2, 0.25) is 0 Å². The normalized spacial score (nSPS) is 11.0. The topological polar surface area (TPSA) is 54.5 Å². The lowest BCUT2D eigenvalue weighted by Crippen LogP contribution is -2.40. The summed E-state index contributed by atoms with van der Waals surface area (Å²) in [5.74, 6) is 0.922. The molecule has 0 fully saturated rings. The summed E-state index contributed by atoms with van der Waals surface area (Å²) in [6, 6.07) is 0.163. The molecule has 1 heterocycles. The third kappa shape index (κ3) is 5.01. The summed E-state index contributed by atoms with van der Waals surface area (Å²) in [6.07, 6.45) is 1.82. The molecule has 0 unspecified atom stereocenters. The maximum Gasteiger partial charge on any atom is 0.234 e. The number of carbonyl (C=O) groups is 1. The smallest absolute Gasteiger partial charge is 0.234 e. The number of rotatable bonds is 7. The van der Waals surface area contributed by atoms with Crippen LogP contribution in [-0.2, 0) is 11.3 Å². The summed E-state index contributed by atoms with van der Waals surface area (Å²) < 4.78 is 5.43. The Morgan fingerprint density at radius 3 is 2.62 bits per heavy atom. The molecular formula is C16H27N3O2. The van der Waals surface area contributed by atoms with Crippen LogP contribution in [0.25, 0.3) is 0 Å². The summed E-state index contributed by atoms with van der Waals surface area (Å²) >= 11 is 0. The van der Waals surface area contributed by atoms with Gasteiger partial charge in [0.25, 0.3) is 0 Å². The van der Waals surface area contributed by atoms with Gasteiger partial charge < -0.3 is 10.1 Å². The van der Waals surface area contributed by atoms with E-state index in [2.05, 4.69) is 15.2 Å². The minimum absolute atomic E-state index is 0.0450. The zero-order valence-electron chi connectivity index (χ0n) is 14.0. The molecule has 0 saturated carbocycles. The second-order valence-electron chi connectivity index (χ2n) is 5.57. The number of aryl methyl sites for hydroxylation is 1. The molecule has 0 bridgehead atoms. The number of nitrogens with one attached hydrogen (secondary N) is 1. The zero-order chi connectivity index (χ0) is 16.0. The predicted octanol–water partition coefficient (Wildman–Crippen LogP) is 2.05. The first-order valence-corrected chi connectivity index (χ1v) is 7.39. The van der Waals surface area contributed by atoms with E-state index in [-0.39, 0.29) is 11.9 Å². The van der Waals surface area contributed by atoms with E-state index in [1.54, 1.807) is 7.11 Å². The van der Waals surface area contributed by atoms with E-state index in [9.17, 15) is 4.79 Å². The molecule has 0 aliphatic heterocycles. The van der Waals surface area contributed by atoms with Crippen molar-refractivity contribution in [1.82, 2.24) is 15.2 Å². The zero-order valence-corrected chi connectivity index (χ0v) is 14.0. The Balaban J connectivity index is 2.80. The largest absolute Gasteiger partial charge is 0.496 e. The second kappa shape index (κ2) is 7.98. The van der Waals surface area contributed by atoms with Crippen molar-refractivity contribution in [3.8, 4) is 5.75 Å². The molecule has 0 radical (unpaired) electrons. The molecule has 1 amide bonds. The Kier molecular flexibility index (Phi) is 6.62. The average molecular weight is 293 g/mol. The summed E-state index contributed by atoms with van der Waals surface area (Å²) in [5, 5.41) is 2.91. The minimum Gasteiger partial charge on any atom is -0.496 e. The SMILES string of the molecule is CCN(CC(=O)NC(C)C)Cc1ncc(C)c(OC)c1C. The van der Waals surface area contributed by atoms with Crippen molar-refractivity contribution in [3.05, 3.63) is 23.0 Å². The van der Waals surface area contributed by atoms with Gasteiger partial charge in [0.15, 0.2) is 0 Å². The van der Waals surface area contributed by atoms with Crippen molar-refractivity contribution in [1.29, 1.82) is 0 Å². The van der Waals surface area contributed by atoms with Crippen LogP contribution in [0.1, 0.15) is 37.6 Å². The highest BCUT2D eigenvalue weighted by Gasteiger charge is 2.15. The summed E-state index contributed by atoms with van der Waals surface area (Å²) in [7, 11) is 1.67. The molecule has 1 rings (SSSR count). The van der Waals surface area contributed by atoms with Crippen molar-refractivity contribution in [2.45, 2.75) is 47.2 Å². The van der Waals surface area contributed by atoms with Crippen molar-refractivity contribution in [3.63, 3.8) is 0 Å². The average Bonchev–Trinajstić information content (AvgIpc) is 2.40. The number of ether oxygens (including phenoxy) is 1. The van der Waals surface area contributed by atoms with E-state index < -0.39 is 0 Å². The summed E-state index contributed by atoms with van der Waals surface area (Å²) in [4.78, 5) is 18.4. The number of aromatic nitrogens is 1. The van der Waals surface area contributed by atoms with Gasteiger partial charge in [0.2, 0.25) is 5.91 Å². The van der Waals surface area contributed by atoms with Crippen LogP contribution < -0.4 is 10.1 Å². The van der Waals surface area contributed by atoms with Crippen molar-refractivity contribution >= 4 is 5.91 Å². The van der Waals surface area contributed by atoms with E-state index in [1.165, 1.54) is 0 Å². The predicted molar refractivity (Wildman–Crippen MR) is 84.5 cm³/mol. The first-order chi connectivity index (χ1) is 9.88. The van der Waals surface area contributed by atoms with Crippen molar-refractivity contribution in [2.24, 2.45) is 0 Å². The molecule has 0 saturated heterocycles. The lowest BCUT2D eigenvalue weighted by Gasteiger charge is -2.22. The van der Waals surface area contributed by atoms with Gasteiger partial charge in [0.1, 0.15) is 5.75 Å². The molecule has 0 aliphatic carbocycles. The van der Waals surface area contributed by atoms with Gasteiger partial charge in [-0.1, -0.05) is 6.92 Å². The second-order valence-corrected chi connectivity index (χ2v) is 5.57. The van der Waals surface area contributed by atoms with E-state index in [0.717, 1.165) is 29.1 Å². The molecule has 5 nitrogen and oxygen atoms in total. The molecule has 0 spiro atoms. The third-order valence-corrected chi connectivity index (χ3v) is 3.39. The number of carbonyl (C=O) groups excluding carboxylic acids is 1. The Bertz CT molecular complexity index is 487. The lowest BCUT2D eigenvalue weighted by atomic mass is 10.1. The highest BCUT2D eigenvalue weighted by atomic mass is 16.5. The van der Waals surface area contributed by atoms with Gasteiger partial charge in [-0.2, -0.15) is 0 Å². The van der Waals surface area contributed by atoms with Gasteiger partial charge in [-0.15, -0.1) is 0 Å². The van der Waals surface area contributed by atoms with Crippen LogP contribution >= 0.6 is 0 Å². The van der Waals surface area contributed by atoms with Gasteiger partial charge in [0, 0.05) is 29.9 Å². The number of pyridine rings is 1. The molecule has 21 heavy (non-hydrogen) atoms. The number of hydrogen-bond acceptors (Lipinski definition) is 4. The fourth-order valence-electron chi connectivity index (χ4n) is 2.29. The molecule has 0 aromatic carbocycles. The van der Waals surface area contributed by atoms with E-state index >= 15 is 0 Å². The molecule has 1 aromatic rings. The van der Waals surface area contributed by atoms with Gasteiger partial charge >= 0.3 is 0 Å². The monoisotopic (exact) mass is 293 g/mol. The standard InChI is InChI=1S/C16H27N3O2/c1-7-19(10-15(20)18-11(2)3)9-14-13(5)16(21-6)12(4)8-17-14/h8,11H,7,9-10H2,1-6H3,(H,18,20). The quantitative estimate of drug-likeness (QED) is 0.836. The highest BCUT2D eigenvalue weighted by molar-refractivity contribution is 5.78. The lowest BCUT2D eigenvalue weighted by molar-refractivity contribution is -0.122. The third-order valence-electron chi connectivity index (χ3n) is 3.39. The Hall–Kier alpha value is -1.62. The molecule has 1 N–H and O–H groups in total. The maximum atomic E-state index is 11.9. The number of methoxy groups -OCH3 is 1. The van der Waals surface area contributed by atoms with Crippen LogP contribution in [0.4, 0.5) is 0 Å². The van der Waals surface area contributed by atoms with Crippen LogP contribution in [-0.4, -0.2) is 42.0 Å². The van der Waals surface area contributed by atoms with Gasteiger partial charge in [-0.3, -0.25) is 14.7 Å². The van der Waals surface area contributed by atoms with E-state index in [1.807, 2.05) is 40.8 Å². The molecule has 118 valence electrons. The highest BCUT2D eigenvalue weighted by Crippen LogP contribution is 2.24. The Morgan fingerprint density at radius 2 is 2.10 bits per heavy atom.